The van der Waals surface area contributed by atoms with Gasteiger partial charge in [-0.2, -0.15) is 0 Å². The molecule has 1 aliphatic heterocycles. The standard InChI is InChI=1S/C35H51NO7/c1-8-24(9-2)35(39)43-34-32-25(16-22(4)33(34)42-7)12-10-21(3)28(32)14-13-26-18-27(37)19-31(38)36(26)20-23-11-15-29(40-5)30(17-23)41-6/h10-12,15-17,21-22,24,26-28,32-34,37H,8-9,13-14,18-20H2,1-7H3. The molecule has 8 nitrogen and oxygen atoms in total. The van der Waals surface area contributed by atoms with Crippen molar-refractivity contribution in [3.8, 4) is 11.5 Å². The van der Waals surface area contributed by atoms with Crippen molar-refractivity contribution in [3.63, 3.8) is 0 Å². The van der Waals surface area contributed by atoms with Gasteiger partial charge in [-0.3, -0.25) is 9.59 Å². The number of likely N-dealkylation sites (tertiary alicyclic amines) is 1. The van der Waals surface area contributed by atoms with Crippen LogP contribution in [0.25, 0.3) is 0 Å². The molecule has 2 aliphatic carbocycles. The number of esters is 1. The second kappa shape index (κ2) is 14.8. The minimum Gasteiger partial charge on any atom is -0.493 e. The Labute approximate surface area is 257 Å². The lowest BCUT2D eigenvalue weighted by Crippen LogP contribution is -2.51. The molecule has 8 atom stereocenters. The summed E-state index contributed by atoms with van der Waals surface area (Å²) in [6.07, 6.45) is 9.18. The average Bonchev–Trinajstić information content (AvgIpc) is 2.98. The van der Waals surface area contributed by atoms with E-state index in [1.807, 2.05) is 36.9 Å². The van der Waals surface area contributed by atoms with Crippen LogP contribution in [0.5, 0.6) is 11.5 Å². The third-order valence-electron chi connectivity index (χ3n) is 9.96. The van der Waals surface area contributed by atoms with Gasteiger partial charge in [-0.1, -0.05) is 52.0 Å². The van der Waals surface area contributed by atoms with Crippen LogP contribution in [0.2, 0.25) is 0 Å². The van der Waals surface area contributed by atoms with Gasteiger partial charge in [0.05, 0.1) is 32.7 Å². The Morgan fingerprint density at radius 3 is 2.40 bits per heavy atom. The molecular weight excluding hydrogens is 546 g/mol. The van der Waals surface area contributed by atoms with E-state index in [1.165, 1.54) is 5.57 Å². The molecule has 0 saturated carbocycles. The monoisotopic (exact) mass is 597 g/mol. The molecule has 1 N–H and O–H groups in total. The highest BCUT2D eigenvalue weighted by Crippen LogP contribution is 2.46. The van der Waals surface area contributed by atoms with Gasteiger partial charge in [0.2, 0.25) is 5.91 Å². The summed E-state index contributed by atoms with van der Waals surface area (Å²) in [6, 6.07) is 5.61. The fourth-order valence-corrected chi connectivity index (χ4v) is 7.48. The maximum Gasteiger partial charge on any atom is 0.309 e. The van der Waals surface area contributed by atoms with Crippen molar-refractivity contribution in [1.82, 2.24) is 4.90 Å². The quantitative estimate of drug-likeness (QED) is 0.308. The lowest BCUT2D eigenvalue weighted by molar-refractivity contribution is -0.171. The van der Waals surface area contributed by atoms with Crippen LogP contribution < -0.4 is 9.47 Å². The third kappa shape index (κ3) is 7.28. The molecule has 0 bridgehead atoms. The number of aliphatic hydroxyl groups excluding tert-OH is 1. The molecule has 1 saturated heterocycles. The molecule has 3 aliphatic rings. The number of allylic oxidation sites excluding steroid dienone is 2. The van der Waals surface area contributed by atoms with E-state index in [2.05, 4.69) is 32.1 Å². The number of benzene rings is 1. The molecule has 0 radical (unpaired) electrons. The predicted octanol–water partition coefficient (Wildman–Crippen LogP) is 5.71. The van der Waals surface area contributed by atoms with Crippen LogP contribution in [-0.4, -0.2) is 67.6 Å². The van der Waals surface area contributed by atoms with Gasteiger partial charge in [-0.15, -0.1) is 0 Å². The largest absolute Gasteiger partial charge is 0.493 e. The molecule has 238 valence electrons. The highest BCUT2D eigenvalue weighted by molar-refractivity contribution is 5.78. The highest BCUT2D eigenvalue weighted by Gasteiger charge is 2.47. The zero-order valence-corrected chi connectivity index (χ0v) is 27.0. The molecule has 0 aromatic heterocycles. The molecule has 1 amide bonds. The Bertz CT molecular complexity index is 1170. The van der Waals surface area contributed by atoms with Crippen molar-refractivity contribution in [2.24, 2.45) is 29.6 Å². The van der Waals surface area contributed by atoms with E-state index in [0.717, 1.165) is 31.2 Å². The lowest BCUT2D eigenvalue weighted by atomic mass is 9.64. The van der Waals surface area contributed by atoms with E-state index < -0.39 is 6.10 Å². The average molecular weight is 598 g/mol. The van der Waals surface area contributed by atoms with E-state index in [9.17, 15) is 14.7 Å². The van der Waals surface area contributed by atoms with Crippen LogP contribution >= 0.6 is 0 Å². The number of carbonyl (C=O) groups excluding carboxylic acids is 2. The summed E-state index contributed by atoms with van der Waals surface area (Å²) in [5.41, 5.74) is 2.15. The number of fused-ring (bicyclic) bond motifs is 1. The molecule has 4 rings (SSSR count). The fourth-order valence-electron chi connectivity index (χ4n) is 7.48. The van der Waals surface area contributed by atoms with Crippen molar-refractivity contribution >= 4 is 11.9 Å². The first-order valence-electron chi connectivity index (χ1n) is 16.0. The van der Waals surface area contributed by atoms with Crippen LogP contribution in [0, 0.1) is 29.6 Å². The summed E-state index contributed by atoms with van der Waals surface area (Å²) in [5, 5.41) is 10.6. The summed E-state index contributed by atoms with van der Waals surface area (Å²) in [6.45, 7) is 8.83. The molecule has 1 aromatic rings. The minimum absolute atomic E-state index is 0.00276. The number of methoxy groups -OCH3 is 3. The number of hydrogen-bond donors (Lipinski definition) is 1. The molecular formula is C35H51NO7. The topological polar surface area (TPSA) is 94.5 Å². The number of amides is 1. The van der Waals surface area contributed by atoms with Crippen LogP contribution in [-0.2, 0) is 25.6 Å². The Kier molecular flexibility index (Phi) is 11.3. The summed E-state index contributed by atoms with van der Waals surface area (Å²) < 4.78 is 23.2. The first-order chi connectivity index (χ1) is 20.6. The smallest absolute Gasteiger partial charge is 0.309 e. The highest BCUT2D eigenvalue weighted by atomic mass is 16.6. The molecule has 8 heteroatoms. The maximum absolute atomic E-state index is 13.3. The summed E-state index contributed by atoms with van der Waals surface area (Å²) in [4.78, 5) is 28.5. The van der Waals surface area contributed by atoms with Gasteiger partial charge in [0, 0.05) is 31.5 Å². The molecule has 1 fully saturated rings. The number of nitrogens with zero attached hydrogens (tertiary/aromatic N) is 1. The predicted molar refractivity (Wildman–Crippen MR) is 166 cm³/mol. The van der Waals surface area contributed by atoms with Gasteiger partial charge >= 0.3 is 5.97 Å². The Balaban J connectivity index is 1.58. The van der Waals surface area contributed by atoms with Gasteiger partial charge < -0.3 is 29.0 Å². The van der Waals surface area contributed by atoms with Crippen molar-refractivity contribution in [2.45, 2.75) is 97.1 Å². The van der Waals surface area contributed by atoms with Crippen LogP contribution in [0.4, 0.5) is 0 Å². The van der Waals surface area contributed by atoms with Gasteiger partial charge in [-0.05, 0) is 67.2 Å². The van der Waals surface area contributed by atoms with Crippen molar-refractivity contribution in [3.05, 3.63) is 47.6 Å². The normalized spacial score (nSPS) is 30.6. The third-order valence-corrected chi connectivity index (χ3v) is 9.96. The van der Waals surface area contributed by atoms with E-state index in [4.69, 9.17) is 18.9 Å². The molecule has 0 spiro atoms. The summed E-state index contributed by atoms with van der Waals surface area (Å²) >= 11 is 0. The Morgan fingerprint density at radius 1 is 1.02 bits per heavy atom. The van der Waals surface area contributed by atoms with Crippen LogP contribution in [0.1, 0.15) is 71.8 Å². The van der Waals surface area contributed by atoms with E-state index in [-0.39, 0.29) is 66.1 Å². The maximum atomic E-state index is 13.3. The van der Waals surface area contributed by atoms with E-state index >= 15 is 0 Å². The summed E-state index contributed by atoms with van der Waals surface area (Å²) in [7, 11) is 4.91. The fraction of sp³-hybridized carbons (Fsp3) is 0.657. The molecule has 1 aromatic carbocycles. The van der Waals surface area contributed by atoms with Gasteiger partial charge in [-0.25, -0.2) is 0 Å². The zero-order valence-electron chi connectivity index (χ0n) is 27.0. The Morgan fingerprint density at radius 2 is 1.74 bits per heavy atom. The van der Waals surface area contributed by atoms with Gasteiger partial charge in [0.25, 0.3) is 0 Å². The van der Waals surface area contributed by atoms with Crippen molar-refractivity contribution < 1.29 is 33.6 Å². The van der Waals surface area contributed by atoms with Crippen molar-refractivity contribution in [1.29, 1.82) is 0 Å². The van der Waals surface area contributed by atoms with E-state index in [0.29, 0.717) is 24.5 Å². The number of piperidine rings is 1. The second-order valence-electron chi connectivity index (χ2n) is 12.6. The SMILES string of the molecule is CCC(CC)C(=O)OC1C(OC)C(C)C=C2C=CC(C)C(CCC3CC(O)CC(=O)N3Cc3ccc(OC)c(OC)c3)C21. The summed E-state index contributed by atoms with van der Waals surface area (Å²) in [5.74, 6) is 1.51. The number of hydrogen-bond acceptors (Lipinski definition) is 7. The first kappa shape index (κ1) is 33.1. The van der Waals surface area contributed by atoms with Crippen molar-refractivity contribution in [2.75, 3.05) is 21.3 Å². The van der Waals surface area contributed by atoms with E-state index in [1.54, 1.807) is 21.3 Å². The second-order valence-corrected chi connectivity index (χ2v) is 12.6. The zero-order chi connectivity index (χ0) is 31.3. The number of carbonyl (C=O) groups is 2. The number of aliphatic hydroxyl groups is 1. The molecule has 8 unspecified atom stereocenters. The molecule has 1 heterocycles. The number of ether oxygens (including phenoxy) is 4. The first-order valence-corrected chi connectivity index (χ1v) is 16.0. The Hall–Kier alpha value is -2.84. The van der Waals surface area contributed by atoms with Gasteiger partial charge in [0.1, 0.15) is 12.2 Å². The minimum atomic E-state index is -0.652. The van der Waals surface area contributed by atoms with Gasteiger partial charge in [0.15, 0.2) is 11.5 Å². The van der Waals surface area contributed by atoms with Crippen LogP contribution in [0.3, 0.4) is 0 Å². The molecule has 43 heavy (non-hydrogen) atoms. The lowest BCUT2D eigenvalue weighted by Gasteiger charge is -2.47. The number of rotatable bonds is 12. The van der Waals surface area contributed by atoms with Crippen LogP contribution in [0.15, 0.2) is 42.0 Å².